The quantitative estimate of drug-likeness (QED) is 0.695. The van der Waals surface area contributed by atoms with Crippen molar-refractivity contribution < 1.29 is 0 Å². The van der Waals surface area contributed by atoms with Crippen LogP contribution in [0.1, 0.15) is 44.2 Å². The maximum Gasteiger partial charge on any atom is 0.125 e. The number of hydrogen-bond acceptors (Lipinski definition) is 2. The Morgan fingerprint density at radius 2 is 1.67 bits per heavy atom. The van der Waals surface area contributed by atoms with Crippen molar-refractivity contribution in [3.63, 3.8) is 0 Å². The summed E-state index contributed by atoms with van der Waals surface area (Å²) in [7, 11) is 0. The van der Waals surface area contributed by atoms with Crippen LogP contribution in [0.15, 0.2) is 40.3 Å². The van der Waals surface area contributed by atoms with Gasteiger partial charge in [0.2, 0.25) is 0 Å². The first-order chi connectivity index (χ1) is 8.65. The van der Waals surface area contributed by atoms with Crippen LogP contribution in [0.2, 0.25) is 0 Å². The van der Waals surface area contributed by atoms with E-state index in [0.717, 1.165) is 30.8 Å². The van der Waals surface area contributed by atoms with Crippen molar-refractivity contribution in [2.75, 3.05) is 0 Å². The lowest BCUT2D eigenvalue weighted by Crippen LogP contribution is -1.95. The largest absolute Gasteiger partial charge is 0.243 e. The second-order valence-electron chi connectivity index (χ2n) is 4.85. The molecule has 2 heteroatoms. The van der Waals surface area contributed by atoms with Crippen molar-refractivity contribution in [3.05, 3.63) is 41.5 Å². The molecule has 0 N–H and O–H groups in total. The molecule has 0 saturated heterocycles. The van der Waals surface area contributed by atoms with Gasteiger partial charge in [-0.1, -0.05) is 35.9 Å². The summed E-state index contributed by atoms with van der Waals surface area (Å²) in [6.45, 7) is 6.15. The van der Waals surface area contributed by atoms with Crippen LogP contribution in [0.4, 0.5) is 0 Å². The zero-order valence-corrected chi connectivity index (χ0v) is 11.4. The van der Waals surface area contributed by atoms with Crippen LogP contribution in [0.25, 0.3) is 5.70 Å². The first-order valence-corrected chi connectivity index (χ1v) is 6.52. The number of benzene rings is 1. The van der Waals surface area contributed by atoms with E-state index in [9.17, 15) is 0 Å². The third-order valence-electron chi connectivity index (χ3n) is 3.06. The van der Waals surface area contributed by atoms with E-state index >= 15 is 0 Å². The van der Waals surface area contributed by atoms with Crippen LogP contribution in [-0.2, 0) is 0 Å². The van der Waals surface area contributed by atoms with Crippen LogP contribution < -0.4 is 0 Å². The van der Waals surface area contributed by atoms with Gasteiger partial charge >= 0.3 is 0 Å². The SMILES string of the molecule is CC1=NC(C)=N/C(c2ccc(C)cc2)=C/CCC1. The molecule has 18 heavy (non-hydrogen) atoms. The Hall–Kier alpha value is -1.70. The average Bonchev–Trinajstić information content (AvgIpc) is 2.41. The first-order valence-electron chi connectivity index (χ1n) is 6.52. The van der Waals surface area contributed by atoms with E-state index in [4.69, 9.17) is 0 Å². The summed E-state index contributed by atoms with van der Waals surface area (Å²) in [4.78, 5) is 9.15. The Kier molecular flexibility index (Phi) is 4.08. The van der Waals surface area contributed by atoms with Gasteiger partial charge in [-0.25, -0.2) is 9.98 Å². The van der Waals surface area contributed by atoms with Crippen LogP contribution in [0.3, 0.4) is 0 Å². The standard InChI is InChI=1S/C16H20N2/c1-12-8-10-15(11-9-12)16-7-5-4-6-13(2)17-14(3)18-16/h7-11H,4-6H2,1-3H3/b16-7+,17-13?,18-14?. The molecule has 1 aliphatic rings. The molecule has 1 aliphatic heterocycles. The van der Waals surface area contributed by atoms with Crippen molar-refractivity contribution in [3.8, 4) is 0 Å². The van der Waals surface area contributed by atoms with Crippen molar-refractivity contribution in [1.29, 1.82) is 0 Å². The van der Waals surface area contributed by atoms with Crippen molar-refractivity contribution >= 4 is 17.2 Å². The molecule has 0 amide bonds. The zero-order chi connectivity index (χ0) is 13.0. The van der Waals surface area contributed by atoms with Gasteiger partial charge in [-0.3, -0.25) is 0 Å². The van der Waals surface area contributed by atoms with Gasteiger partial charge in [0, 0.05) is 5.71 Å². The van der Waals surface area contributed by atoms with Crippen LogP contribution in [0.5, 0.6) is 0 Å². The van der Waals surface area contributed by atoms with Gasteiger partial charge in [-0.05, 0) is 45.6 Å². The lowest BCUT2D eigenvalue weighted by atomic mass is 10.1. The number of aliphatic imine (C=N–C) groups is 2. The molecule has 0 aliphatic carbocycles. The fraction of sp³-hybridized carbons (Fsp3) is 0.375. The number of allylic oxidation sites excluding steroid dienone is 1. The molecule has 0 radical (unpaired) electrons. The van der Waals surface area contributed by atoms with E-state index in [1.54, 1.807) is 0 Å². The minimum absolute atomic E-state index is 0.848. The summed E-state index contributed by atoms with van der Waals surface area (Å²) >= 11 is 0. The van der Waals surface area contributed by atoms with E-state index in [1.165, 1.54) is 16.8 Å². The van der Waals surface area contributed by atoms with Crippen LogP contribution in [0, 0.1) is 6.92 Å². The predicted molar refractivity (Wildman–Crippen MR) is 79.2 cm³/mol. The van der Waals surface area contributed by atoms with E-state index in [2.05, 4.69) is 54.2 Å². The van der Waals surface area contributed by atoms with Gasteiger partial charge < -0.3 is 0 Å². The second-order valence-corrected chi connectivity index (χ2v) is 4.85. The van der Waals surface area contributed by atoms with Crippen LogP contribution in [-0.4, -0.2) is 11.5 Å². The predicted octanol–water partition coefficient (Wildman–Crippen LogP) is 4.40. The van der Waals surface area contributed by atoms with E-state index < -0.39 is 0 Å². The minimum Gasteiger partial charge on any atom is -0.243 e. The summed E-state index contributed by atoms with van der Waals surface area (Å²) in [6, 6.07) is 8.52. The van der Waals surface area contributed by atoms with Gasteiger partial charge in [-0.2, -0.15) is 0 Å². The van der Waals surface area contributed by atoms with Gasteiger partial charge in [-0.15, -0.1) is 0 Å². The molecule has 1 heterocycles. The van der Waals surface area contributed by atoms with Gasteiger partial charge in [0.25, 0.3) is 0 Å². The Labute approximate surface area is 109 Å². The lowest BCUT2D eigenvalue weighted by molar-refractivity contribution is 0.893. The Morgan fingerprint density at radius 3 is 2.39 bits per heavy atom. The monoisotopic (exact) mass is 240 g/mol. The molecule has 0 fully saturated rings. The highest BCUT2D eigenvalue weighted by Crippen LogP contribution is 2.20. The number of hydrogen-bond donors (Lipinski definition) is 0. The van der Waals surface area contributed by atoms with Crippen molar-refractivity contribution in [1.82, 2.24) is 0 Å². The van der Waals surface area contributed by atoms with E-state index in [1.807, 2.05) is 6.92 Å². The van der Waals surface area contributed by atoms with Gasteiger partial charge in [0.15, 0.2) is 0 Å². The van der Waals surface area contributed by atoms with Crippen molar-refractivity contribution in [2.45, 2.75) is 40.0 Å². The Balaban J connectivity index is 2.35. The lowest BCUT2D eigenvalue weighted by Gasteiger charge is -2.03. The molecule has 0 spiro atoms. The molecule has 2 nitrogen and oxygen atoms in total. The van der Waals surface area contributed by atoms with E-state index in [-0.39, 0.29) is 0 Å². The number of amidine groups is 1. The third-order valence-corrected chi connectivity index (χ3v) is 3.06. The molecule has 0 bridgehead atoms. The molecule has 0 unspecified atom stereocenters. The normalized spacial score (nSPS) is 19.8. The highest BCUT2D eigenvalue weighted by Gasteiger charge is 2.03. The molecule has 0 atom stereocenters. The maximum atomic E-state index is 4.64. The molecule has 0 saturated carbocycles. The van der Waals surface area contributed by atoms with Crippen molar-refractivity contribution in [2.24, 2.45) is 9.98 Å². The summed E-state index contributed by atoms with van der Waals surface area (Å²) in [5.41, 5.74) is 4.67. The fourth-order valence-electron chi connectivity index (χ4n) is 2.08. The van der Waals surface area contributed by atoms with Gasteiger partial charge in [0.1, 0.15) is 5.84 Å². The fourth-order valence-corrected chi connectivity index (χ4v) is 2.08. The number of nitrogens with zero attached hydrogens (tertiary/aromatic N) is 2. The highest BCUT2D eigenvalue weighted by atomic mass is 14.9. The second kappa shape index (κ2) is 5.76. The molecular weight excluding hydrogens is 220 g/mol. The summed E-state index contributed by atoms with van der Waals surface area (Å²) in [5, 5.41) is 0. The molecule has 0 aromatic heterocycles. The van der Waals surface area contributed by atoms with E-state index in [0.29, 0.717) is 0 Å². The van der Waals surface area contributed by atoms with Crippen LogP contribution >= 0.6 is 0 Å². The van der Waals surface area contributed by atoms with Gasteiger partial charge in [0.05, 0.1) is 5.70 Å². The molecule has 2 rings (SSSR count). The Morgan fingerprint density at radius 1 is 0.944 bits per heavy atom. The summed E-state index contributed by atoms with van der Waals surface area (Å²) in [6.07, 6.45) is 5.49. The topological polar surface area (TPSA) is 24.7 Å². The number of aryl methyl sites for hydroxylation is 1. The molecule has 1 aromatic rings. The minimum atomic E-state index is 0.848. The Bertz CT molecular complexity index is 504. The average molecular weight is 240 g/mol. The molecule has 94 valence electrons. The summed E-state index contributed by atoms with van der Waals surface area (Å²) < 4.78 is 0. The molecule has 1 aromatic carbocycles. The highest BCUT2D eigenvalue weighted by molar-refractivity contribution is 5.98. The summed E-state index contributed by atoms with van der Waals surface area (Å²) in [5.74, 6) is 0.848. The zero-order valence-electron chi connectivity index (χ0n) is 11.4. The number of rotatable bonds is 1. The first kappa shape index (κ1) is 12.7. The maximum absolute atomic E-state index is 4.64. The third kappa shape index (κ3) is 3.39. The molecular formula is C16H20N2. The smallest absolute Gasteiger partial charge is 0.125 e.